The summed E-state index contributed by atoms with van der Waals surface area (Å²) in [5.41, 5.74) is 0.324. The smallest absolute Gasteiger partial charge is 0.234 e. The van der Waals surface area contributed by atoms with Crippen molar-refractivity contribution in [1.82, 2.24) is 10.6 Å². The predicted octanol–water partition coefficient (Wildman–Crippen LogP) is 2.71. The van der Waals surface area contributed by atoms with Crippen molar-refractivity contribution in [3.63, 3.8) is 0 Å². The van der Waals surface area contributed by atoms with Gasteiger partial charge in [-0.15, -0.1) is 0 Å². The van der Waals surface area contributed by atoms with Crippen LogP contribution < -0.4 is 10.6 Å². The highest BCUT2D eigenvalue weighted by molar-refractivity contribution is 5.78. The molecule has 0 aromatic rings. The van der Waals surface area contributed by atoms with Gasteiger partial charge in [0.25, 0.3) is 0 Å². The van der Waals surface area contributed by atoms with Gasteiger partial charge in [0.1, 0.15) is 0 Å². The Kier molecular flexibility index (Phi) is 4.82. The largest absolute Gasteiger partial charge is 0.350 e. The normalized spacial score (nSPS) is 27.9. The van der Waals surface area contributed by atoms with E-state index in [0.29, 0.717) is 23.9 Å². The summed E-state index contributed by atoms with van der Waals surface area (Å²) >= 11 is 0. The number of hydrogen-bond acceptors (Lipinski definition) is 2. The van der Waals surface area contributed by atoms with Crippen molar-refractivity contribution in [3.05, 3.63) is 0 Å². The van der Waals surface area contributed by atoms with E-state index in [1.807, 2.05) is 20.8 Å². The molecule has 0 heterocycles. The molecule has 0 saturated heterocycles. The second-order valence-electron chi connectivity index (χ2n) is 7.67. The monoisotopic (exact) mass is 254 g/mol. The summed E-state index contributed by atoms with van der Waals surface area (Å²) in [4.78, 5) is 11.8. The molecule has 3 heteroatoms. The van der Waals surface area contributed by atoms with Gasteiger partial charge < -0.3 is 10.6 Å². The van der Waals surface area contributed by atoms with Crippen LogP contribution in [0.15, 0.2) is 0 Å². The lowest BCUT2D eigenvalue weighted by molar-refractivity contribution is -0.121. The maximum Gasteiger partial charge on any atom is 0.234 e. The first-order valence-electron chi connectivity index (χ1n) is 7.13. The minimum absolute atomic E-state index is 0.0968. The molecule has 1 aliphatic carbocycles. The van der Waals surface area contributed by atoms with Crippen molar-refractivity contribution in [1.29, 1.82) is 0 Å². The summed E-state index contributed by atoms with van der Waals surface area (Å²) in [5, 5.41) is 6.41. The van der Waals surface area contributed by atoms with E-state index in [-0.39, 0.29) is 11.4 Å². The third kappa shape index (κ3) is 5.38. The Hall–Kier alpha value is -0.570. The van der Waals surface area contributed by atoms with E-state index < -0.39 is 0 Å². The average molecular weight is 254 g/mol. The maximum atomic E-state index is 11.8. The summed E-state index contributed by atoms with van der Waals surface area (Å²) in [6.07, 6.45) is 3.67. The van der Waals surface area contributed by atoms with Crippen molar-refractivity contribution in [2.75, 3.05) is 6.54 Å². The number of carbonyl (C=O) groups excluding carboxylic acids is 1. The van der Waals surface area contributed by atoms with Crippen molar-refractivity contribution < 1.29 is 4.79 Å². The second kappa shape index (κ2) is 5.60. The fraction of sp³-hybridized carbons (Fsp3) is 0.933. The Balaban J connectivity index is 2.34. The van der Waals surface area contributed by atoms with Crippen LogP contribution in [0.1, 0.15) is 60.8 Å². The molecule has 1 saturated carbocycles. The van der Waals surface area contributed by atoms with Gasteiger partial charge in [-0.2, -0.15) is 0 Å². The molecule has 0 bridgehead atoms. The lowest BCUT2D eigenvalue weighted by Crippen LogP contribution is -2.49. The van der Waals surface area contributed by atoms with Crippen LogP contribution in [0.5, 0.6) is 0 Å². The van der Waals surface area contributed by atoms with E-state index in [0.717, 1.165) is 0 Å². The fourth-order valence-electron chi connectivity index (χ4n) is 2.94. The van der Waals surface area contributed by atoms with Gasteiger partial charge in [-0.1, -0.05) is 20.8 Å². The highest BCUT2D eigenvalue weighted by atomic mass is 16.2. The van der Waals surface area contributed by atoms with Crippen LogP contribution in [-0.2, 0) is 4.79 Å². The lowest BCUT2D eigenvalue weighted by atomic mass is 9.70. The zero-order valence-electron chi connectivity index (χ0n) is 12.9. The minimum atomic E-state index is -0.140. The molecule has 1 fully saturated rings. The molecule has 2 atom stereocenters. The van der Waals surface area contributed by atoms with Gasteiger partial charge in [0.05, 0.1) is 6.54 Å². The summed E-state index contributed by atoms with van der Waals surface area (Å²) in [5.74, 6) is 0.746. The van der Waals surface area contributed by atoms with Crippen LogP contribution in [0.25, 0.3) is 0 Å². The van der Waals surface area contributed by atoms with E-state index in [1.165, 1.54) is 19.3 Å². The van der Waals surface area contributed by atoms with Crippen LogP contribution in [0.3, 0.4) is 0 Å². The quantitative estimate of drug-likeness (QED) is 0.813. The third-order valence-corrected chi connectivity index (χ3v) is 3.73. The van der Waals surface area contributed by atoms with Gasteiger partial charge >= 0.3 is 0 Å². The van der Waals surface area contributed by atoms with Crippen LogP contribution in [0, 0.1) is 11.3 Å². The first kappa shape index (κ1) is 15.5. The van der Waals surface area contributed by atoms with Crippen LogP contribution in [0.4, 0.5) is 0 Å². The first-order valence-corrected chi connectivity index (χ1v) is 7.13. The Labute approximate surface area is 112 Å². The van der Waals surface area contributed by atoms with Crippen molar-refractivity contribution >= 4 is 5.91 Å². The Morgan fingerprint density at radius 1 is 1.33 bits per heavy atom. The predicted molar refractivity (Wildman–Crippen MR) is 76.5 cm³/mol. The molecule has 18 heavy (non-hydrogen) atoms. The zero-order chi connectivity index (χ0) is 14.0. The minimum Gasteiger partial charge on any atom is -0.350 e. The topological polar surface area (TPSA) is 41.1 Å². The molecule has 2 N–H and O–H groups in total. The number of carbonyl (C=O) groups is 1. The number of rotatable bonds is 3. The molecule has 0 spiro atoms. The van der Waals surface area contributed by atoms with Gasteiger partial charge in [-0.3, -0.25) is 4.79 Å². The molecule has 0 radical (unpaired) electrons. The molecular weight excluding hydrogens is 224 g/mol. The molecule has 1 rings (SSSR count). The molecule has 1 amide bonds. The van der Waals surface area contributed by atoms with Crippen LogP contribution >= 0.6 is 0 Å². The van der Waals surface area contributed by atoms with E-state index in [1.54, 1.807) is 0 Å². The molecule has 1 aliphatic rings. The summed E-state index contributed by atoms with van der Waals surface area (Å²) in [7, 11) is 0. The highest BCUT2D eigenvalue weighted by Crippen LogP contribution is 2.38. The number of nitrogens with one attached hydrogen (secondary N) is 2. The zero-order valence-corrected chi connectivity index (χ0v) is 12.9. The summed E-state index contributed by atoms with van der Waals surface area (Å²) < 4.78 is 0. The Bertz CT molecular complexity index is 291. The fourth-order valence-corrected chi connectivity index (χ4v) is 2.94. The van der Waals surface area contributed by atoms with Gasteiger partial charge in [-0.05, 0) is 51.4 Å². The highest BCUT2D eigenvalue weighted by Gasteiger charge is 2.32. The van der Waals surface area contributed by atoms with Gasteiger partial charge in [0, 0.05) is 11.6 Å². The lowest BCUT2D eigenvalue weighted by Gasteiger charge is -2.39. The standard InChI is InChI=1S/C15H30N2O/c1-11-9-15(5,6)8-7-12(11)16-10-13(18)17-14(2,3)4/h11-12,16H,7-10H2,1-6H3,(H,17,18). The first-order chi connectivity index (χ1) is 8.09. The van der Waals surface area contributed by atoms with E-state index in [2.05, 4.69) is 31.4 Å². The van der Waals surface area contributed by atoms with Crippen LogP contribution in [-0.4, -0.2) is 24.0 Å². The molecule has 0 aromatic carbocycles. The van der Waals surface area contributed by atoms with Gasteiger partial charge in [-0.25, -0.2) is 0 Å². The van der Waals surface area contributed by atoms with E-state index in [4.69, 9.17) is 0 Å². The molecule has 3 nitrogen and oxygen atoms in total. The summed E-state index contributed by atoms with van der Waals surface area (Å²) in [6, 6.07) is 0.490. The SMILES string of the molecule is CC1CC(C)(C)CCC1NCC(=O)NC(C)(C)C. The third-order valence-electron chi connectivity index (χ3n) is 3.73. The van der Waals surface area contributed by atoms with E-state index in [9.17, 15) is 4.79 Å². The molecule has 106 valence electrons. The average Bonchev–Trinajstić information content (AvgIpc) is 2.12. The van der Waals surface area contributed by atoms with E-state index >= 15 is 0 Å². The summed E-state index contributed by atoms with van der Waals surface area (Å²) in [6.45, 7) is 13.4. The van der Waals surface area contributed by atoms with Crippen molar-refractivity contribution in [3.8, 4) is 0 Å². The van der Waals surface area contributed by atoms with Crippen LogP contribution in [0.2, 0.25) is 0 Å². The van der Waals surface area contributed by atoms with Crippen molar-refractivity contribution in [2.24, 2.45) is 11.3 Å². The van der Waals surface area contributed by atoms with Gasteiger partial charge in [0.15, 0.2) is 0 Å². The van der Waals surface area contributed by atoms with Gasteiger partial charge in [0.2, 0.25) is 5.91 Å². The number of amides is 1. The Morgan fingerprint density at radius 3 is 2.44 bits per heavy atom. The number of hydrogen-bond donors (Lipinski definition) is 2. The Morgan fingerprint density at radius 2 is 1.94 bits per heavy atom. The molecule has 2 unspecified atom stereocenters. The molecular formula is C15H30N2O. The van der Waals surface area contributed by atoms with Crippen molar-refractivity contribution in [2.45, 2.75) is 72.4 Å². The molecule has 0 aliphatic heterocycles. The molecule has 0 aromatic heterocycles. The maximum absolute atomic E-state index is 11.8. The second-order valence-corrected chi connectivity index (χ2v) is 7.67.